The third kappa shape index (κ3) is 3.02. The SMILES string of the molecule is COc1cc(C2=NOC(c3nc4ccccc4c(=O)o3)C2)cc(OC)c1OC. The third-order valence-electron chi connectivity index (χ3n) is 4.49. The van der Waals surface area contributed by atoms with Crippen molar-refractivity contribution in [3.63, 3.8) is 0 Å². The van der Waals surface area contributed by atoms with Crippen LogP contribution < -0.4 is 19.8 Å². The summed E-state index contributed by atoms with van der Waals surface area (Å²) in [5.41, 5.74) is 1.51. The van der Waals surface area contributed by atoms with Crippen molar-refractivity contribution in [1.82, 2.24) is 4.98 Å². The molecule has 0 spiro atoms. The number of benzene rings is 2. The highest BCUT2D eigenvalue weighted by molar-refractivity contribution is 6.02. The summed E-state index contributed by atoms with van der Waals surface area (Å²) < 4.78 is 21.5. The average Bonchev–Trinajstić information content (AvgIpc) is 3.23. The zero-order chi connectivity index (χ0) is 19.7. The van der Waals surface area contributed by atoms with Gasteiger partial charge in [0.15, 0.2) is 11.5 Å². The van der Waals surface area contributed by atoms with Crippen LogP contribution in [-0.4, -0.2) is 32.0 Å². The van der Waals surface area contributed by atoms with Crippen LogP contribution in [-0.2, 0) is 4.84 Å². The van der Waals surface area contributed by atoms with Gasteiger partial charge in [0, 0.05) is 12.0 Å². The van der Waals surface area contributed by atoms with E-state index in [1.807, 2.05) is 6.07 Å². The Morgan fingerprint density at radius 2 is 1.75 bits per heavy atom. The van der Waals surface area contributed by atoms with Gasteiger partial charge in [0.1, 0.15) is 0 Å². The Kier molecular flexibility index (Phi) is 4.60. The Bertz CT molecular complexity index is 1100. The molecule has 8 heteroatoms. The summed E-state index contributed by atoms with van der Waals surface area (Å²) in [6.07, 6.45) is -0.209. The smallest absolute Gasteiger partial charge is 0.346 e. The molecule has 144 valence electrons. The molecule has 0 N–H and O–H groups in total. The van der Waals surface area contributed by atoms with Gasteiger partial charge in [-0.2, -0.15) is 0 Å². The number of nitrogens with zero attached hydrogens (tertiary/aromatic N) is 2. The second kappa shape index (κ2) is 7.22. The zero-order valence-corrected chi connectivity index (χ0v) is 15.6. The highest BCUT2D eigenvalue weighted by Crippen LogP contribution is 2.40. The fraction of sp³-hybridized carbons (Fsp3) is 0.250. The molecule has 2 aromatic carbocycles. The summed E-state index contributed by atoms with van der Waals surface area (Å²) in [4.78, 5) is 22.1. The molecule has 8 nitrogen and oxygen atoms in total. The highest BCUT2D eigenvalue weighted by atomic mass is 16.7. The van der Waals surface area contributed by atoms with Crippen LogP contribution in [0.1, 0.15) is 24.0 Å². The molecule has 4 rings (SSSR count). The van der Waals surface area contributed by atoms with E-state index in [1.54, 1.807) is 51.7 Å². The molecule has 3 aromatic rings. The van der Waals surface area contributed by atoms with Crippen molar-refractivity contribution < 1.29 is 23.5 Å². The Morgan fingerprint density at radius 3 is 2.43 bits per heavy atom. The van der Waals surface area contributed by atoms with Crippen molar-refractivity contribution in [2.75, 3.05) is 21.3 Å². The van der Waals surface area contributed by atoms with Crippen LogP contribution in [0.15, 0.2) is 50.8 Å². The topological polar surface area (TPSA) is 92.4 Å². The van der Waals surface area contributed by atoms with Crippen LogP contribution in [0.3, 0.4) is 0 Å². The van der Waals surface area contributed by atoms with Crippen LogP contribution in [0.4, 0.5) is 0 Å². The maximum absolute atomic E-state index is 12.2. The van der Waals surface area contributed by atoms with Crippen molar-refractivity contribution in [2.45, 2.75) is 12.5 Å². The van der Waals surface area contributed by atoms with E-state index in [-0.39, 0.29) is 5.89 Å². The molecule has 0 fully saturated rings. The molecule has 2 heterocycles. The number of para-hydroxylation sites is 1. The maximum atomic E-state index is 12.2. The van der Waals surface area contributed by atoms with E-state index < -0.39 is 11.7 Å². The molecule has 0 saturated heterocycles. The molecular weight excluding hydrogens is 364 g/mol. The molecule has 0 aliphatic carbocycles. The lowest BCUT2D eigenvalue weighted by Gasteiger charge is -2.13. The number of oxime groups is 1. The average molecular weight is 382 g/mol. The maximum Gasteiger partial charge on any atom is 0.346 e. The van der Waals surface area contributed by atoms with E-state index in [0.717, 1.165) is 5.56 Å². The summed E-state index contributed by atoms with van der Waals surface area (Å²) in [5, 5.41) is 4.57. The van der Waals surface area contributed by atoms with E-state index in [0.29, 0.717) is 40.3 Å². The Labute approximate surface area is 160 Å². The molecule has 1 unspecified atom stereocenters. The number of methoxy groups -OCH3 is 3. The summed E-state index contributed by atoms with van der Waals surface area (Å²) >= 11 is 0. The molecule has 1 aromatic heterocycles. The van der Waals surface area contributed by atoms with Crippen LogP contribution in [0.2, 0.25) is 0 Å². The predicted octanol–water partition coefficient (Wildman–Crippen LogP) is 3.08. The number of aromatic nitrogens is 1. The zero-order valence-electron chi connectivity index (χ0n) is 15.6. The molecule has 0 radical (unpaired) electrons. The van der Waals surface area contributed by atoms with Gasteiger partial charge < -0.3 is 23.5 Å². The lowest BCUT2D eigenvalue weighted by molar-refractivity contribution is 0.0618. The summed E-state index contributed by atoms with van der Waals surface area (Å²) in [7, 11) is 4.63. The van der Waals surface area contributed by atoms with Crippen LogP contribution >= 0.6 is 0 Å². The number of hydrogen-bond acceptors (Lipinski definition) is 8. The Morgan fingerprint density at radius 1 is 1.04 bits per heavy atom. The largest absolute Gasteiger partial charge is 0.493 e. The van der Waals surface area contributed by atoms with Crippen molar-refractivity contribution in [3.05, 3.63) is 58.3 Å². The number of ether oxygens (including phenoxy) is 3. The molecule has 1 aliphatic rings. The number of rotatable bonds is 5. The van der Waals surface area contributed by atoms with Gasteiger partial charge in [0.05, 0.1) is 37.9 Å². The summed E-state index contributed by atoms with van der Waals surface area (Å²) in [6.45, 7) is 0. The van der Waals surface area contributed by atoms with Gasteiger partial charge in [-0.25, -0.2) is 9.78 Å². The molecule has 0 amide bonds. The van der Waals surface area contributed by atoms with Gasteiger partial charge in [-0.1, -0.05) is 17.3 Å². The molecular formula is C20H18N2O6. The van der Waals surface area contributed by atoms with Crippen molar-refractivity contribution in [2.24, 2.45) is 5.16 Å². The molecule has 28 heavy (non-hydrogen) atoms. The van der Waals surface area contributed by atoms with Gasteiger partial charge in [-0.05, 0) is 24.3 Å². The molecule has 1 atom stereocenters. The predicted molar refractivity (Wildman–Crippen MR) is 101 cm³/mol. The normalized spacial score (nSPS) is 15.8. The van der Waals surface area contributed by atoms with Crippen LogP contribution in [0.5, 0.6) is 17.2 Å². The summed E-state index contributed by atoms with van der Waals surface area (Å²) in [5.74, 6) is 1.71. The van der Waals surface area contributed by atoms with E-state index in [9.17, 15) is 4.79 Å². The van der Waals surface area contributed by atoms with E-state index >= 15 is 0 Å². The highest BCUT2D eigenvalue weighted by Gasteiger charge is 2.29. The first-order chi connectivity index (χ1) is 13.6. The quantitative estimate of drug-likeness (QED) is 0.669. The lowest BCUT2D eigenvalue weighted by atomic mass is 10.0. The van der Waals surface area contributed by atoms with Crippen molar-refractivity contribution >= 4 is 16.6 Å². The van der Waals surface area contributed by atoms with Crippen LogP contribution in [0, 0.1) is 0 Å². The fourth-order valence-corrected chi connectivity index (χ4v) is 3.10. The van der Waals surface area contributed by atoms with Crippen molar-refractivity contribution in [3.8, 4) is 17.2 Å². The molecule has 0 saturated carbocycles. The Hall–Kier alpha value is -3.55. The standard InChI is InChI=1S/C20H18N2O6/c1-24-15-8-11(9-16(25-2)18(15)26-3)14-10-17(28-22-14)19-21-13-7-5-4-6-12(13)20(23)27-19/h4-9,17H,10H2,1-3H3. The van der Waals surface area contributed by atoms with Crippen LogP contribution in [0.25, 0.3) is 10.9 Å². The monoisotopic (exact) mass is 382 g/mol. The first-order valence-electron chi connectivity index (χ1n) is 8.57. The van der Waals surface area contributed by atoms with E-state index in [4.69, 9.17) is 23.5 Å². The van der Waals surface area contributed by atoms with E-state index in [2.05, 4.69) is 10.1 Å². The Balaban J connectivity index is 1.65. The van der Waals surface area contributed by atoms with E-state index in [1.165, 1.54) is 0 Å². The molecule has 1 aliphatic heterocycles. The van der Waals surface area contributed by atoms with Gasteiger partial charge in [0.2, 0.25) is 17.7 Å². The fourth-order valence-electron chi connectivity index (χ4n) is 3.10. The second-order valence-corrected chi connectivity index (χ2v) is 6.11. The first-order valence-corrected chi connectivity index (χ1v) is 8.57. The second-order valence-electron chi connectivity index (χ2n) is 6.11. The minimum Gasteiger partial charge on any atom is -0.493 e. The third-order valence-corrected chi connectivity index (χ3v) is 4.49. The first kappa shape index (κ1) is 17.8. The number of hydrogen-bond donors (Lipinski definition) is 0. The summed E-state index contributed by atoms with van der Waals surface area (Å²) in [6, 6.07) is 10.6. The minimum absolute atomic E-state index is 0.190. The van der Waals surface area contributed by atoms with Gasteiger partial charge in [-0.3, -0.25) is 0 Å². The molecule has 0 bridgehead atoms. The van der Waals surface area contributed by atoms with Gasteiger partial charge >= 0.3 is 5.63 Å². The lowest BCUT2D eigenvalue weighted by Crippen LogP contribution is -2.10. The van der Waals surface area contributed by atoms with Gasteiger partial charge in [-0.15, -0.1) is 0 Å². The number of fused-ring (bicyclic) bond motifs is 1. The van der Waals surface area contributed by atoms with Crippen molar-refractivity contribution in [1.29, 1.82) is 0 Å². The van der Waals surface area contributed by atoms with Gasteiger partial charge in [0.25, 0.3) is 0 Å². The minimum atomic E-state index is -0.591.